The van der Waals surface area contributed by atoms with Gasteiger partial charge in [-0.15, -0.1) is 23.7 Å². The summed E-state index contributed by atoms with van der Waals surface area (Å²) in [7, 11) is 4.40. The number of benzene rings is 4. The van der Waals surface area contributed by atoms with Gasteiger partial charge in [0.1, 0.15) is 72.7 Å². The Labute approximate surface area is 451 Å². The molecule has 0 heterocycles. The summed E-state index contributed by atoms with van der Waals surface area (Å²) in [5.74, 6) is 13.4. The highest BCUT2D eigenvalue weighted by Gasteiger charge is 2.11. The van der Waals surface area contributed by atoms with Gasteiger partial charge in [0.05, 0.1) is 49.8 Å². The number of hydrogen-bond donors (Lipinski definition) is 6. The number of aliphatic hydroxyl groups excluding tert-OH is 6. The molecule has 0 saturated heterocycles. The lowest BCUT2D eigenvalue weighted by molar-refractivity contribution is 0.0809. The van der Waals surface area contributed by atoms with Crippen LogP contribution in [0.5, 0.6) is 23.0 Å². The smallest absolute Gasteiger partial charge is 0.123 e. The molecular formula is C57H86F4O12P2. The molecule has 4 aromatic carbocycles. The van der Waals surface area contributed by atoms with Crippen molar-refractivity contribution in [2.75, 3.05) is 39.6 Å². The molecule has 10 atom stereocenters. The molecule has 0 aromatic heterocycles. The zero-order chi connectivity index (χ0) is 54.9. The first-order valence-electron chi connectivity index (χ1n) is 24.6. The third-order valence-corrected chi connectivity index (χ3v) is 10.9. The Morgan fingerprint density at radius 1 is 0.453 bits per heavy atom. The third kappa shape index (κ3) is 40.4. The van der Waals surface area contributed by atoms with E-state index >= 15 is 0 Å². The molecule has 0 fully saturated rings. The number of rotatable bonds is 28. The molecule has 0 aliphatic rings. The second kappa shape index (κ2) is 44.6. The first kappa shape index (κ1) is 70.5. The van der Waals surface area contributed by atoms with Crippen molar-refractivity contribution >= 4 is 18.9 Å². The Hall–Kier alpha value is -4.54. The first-order chi connectivity index (χ1) is 35.4. The van der Waals surface area contributed by atoms with Crippen LogP contribution < -0.4 is 18.9 Å². The van der Waals surface area contributed by atoms with E-state index < -0.39 is 30.5 Å². The summed E-state index contributed by atoms with van der Waals surface area (Å²) in [5, 5.41) is 56.4. The summed E-state index contributed by atoms with van der Waals surface area (Å²) in [6.45, 7) is 9.04. The van der Waals surface area contributed by atoms with Gasteiger partial charge in [0.15, 0.2) is 0 Å². The molecule has 0 spiro atoms. The van der Waals surface area contributed by atoms with Gasteiger partial charge in [-0.3, -0.25) is 0 Å². The van der Waals surface area contributed by atoms with Crippen LogP contribution in [0.1, 0.15) is 102 Å². The molecule has 0 aliphatic heterocycles. The van der Waals surface area contributed by atoms with Crippen LogP contribution in [0.2, 0.25) is 0 Å². The highest BCUT2D eigenvalue weighted by atomic mass is 31.0. The fraction of sp³-hybridized carbons (Fsp3) is 0.509. The molecule has 75 heavy (non-hydrogen) atoms. The minimum Gasteiger partial charge on any atom is -0.491 e. The monoisotopic (exact) mass is 1100 g/mol. The third-order valence-electron chi connectivity index (χ3n) is 10.2. The van der Waals surface area contributed by atoms with Crippen LogP contribution >= 0.6 is 18.9 Å². The summed E-state index contributed by atoms with van der Waals surface area (Å²) in [4.78, 5) is 0. The topological polar surface area (TPSA) is 177 Å². The van der Waals surface area contributed by atoms with Gasteiger partial charge < -0.3 is 58.6 Å². The molecule has 12 nitrogen and oxygen atoms in total. The molecule has 18 heteroatoms. The highest BCUT2D eigenvalue weighted by Crippen LogP contribution is 2.17. The van der Waals surface area contributed by atoms with Gasteiger partial charge in [-0.1, -0.05) is 21.3 Å². The van der Waals surface area contributed by atoms with E-state index in [4.69, 9.17) is 38.2 Å². The SMILES string of the molecule is C.CC(C#CCCO)CC[C@H](O)COc1ccc(F)cc1.CC(C#CCCOP)CCC(O)COc1ccc(F)cc1.CC(CCC(O)COc1ccc(F)cc1)OP.CC(O)CC[C@H](O)COc1ccc(F)cc1.[3HH].[3HH]. The lowest BCUT2D eigenvalue weighted by Crippen LogP contribution is -2.19. The van der Waals surface area contributed by atoms with E-state index in [1.807, 2.05) is 20.8 Å². The molecule has 6 N–H and O–H groups in total. The molecule has 0 amide bonds. The van der Waals surface area contributed by atoms with Crippen molar-refractivity contribution in [1.82, 2.24) is 0 Å². The predicted molar refractivity (Wildman–Crippen MR) is 297 cm³/mol. The van der Waals surface area contributed by atoms with E-state index in [0.29, 0.717) is 74.6 Å². The lowest BCUT2D eigenvalue weighted by Gasteiger charge is -2.14. The molecule has 8 unspecified atom stereocenters. The second-order valence-corrected chi connectivity index (χ2v) is 17.9. The summed E-state index contributed by atoms with van der Waals surface area (Å²) in [6.07, 6.45) is 3.80. The van der Waals surface area contributed by atoms with Crippen molar-refractivity contribution in [2.45, 2.75) is 136 Å². The normalized spacial score (nSPS) is 13.5. The standard InChI is InChI=1S/C16H22FO3P.C16H21FO3.C12H18FO3P.C12H17FO3.CH4.2H2/c1-13(4-2-3-11-20-21)5-8-15(18)12-19-16-9-6-14(17)7-10-16;1-13(4-2-3-11-18)5-8-15(19)12-20-16-9-6-14(17)7-10-16;1-9(16-17)2-5-11(14)8-15-12-6-3-10(13)4-7-12;1-9(14)2-5-11(15)8-16-12-6-3-10(13)4-7-12;;;/h6-7,9-10,13,15,18H,3,5,8,11-12,21H2,1H3;6-7,9-10,13,15,18-19H,3,5,8,11-12H2,1H3;3-4,6-7,9,11,14H,2,5,8,17H2,1H3;3-4,6-7,9,11,14-15H,2,5,8H2,1H3;1H4;2*1H/t;13?,15-;;9?,11-;;;/m.0.0.../s1/i;;;;;2*1+2. The van der Waals surface area contributed by atoms with Gasteiger partial charge in [0, 0.05) is 46.5 Å². The Morgan fingerprint density at radius 2 is 0.747 bits per heavy atom. The van der Waals surface area contributed by atoms with E-state index in [1.165, 1.54) is 84.9 Å². The van der Waals surface area contributed by atoms with E-state index in [-0.39, 0.29) is 84.5 Å². The maximum atomic E-state index is 12.7. The maximum Gasteiger partial charge on any atom is 0.123 e. The van der Waals surface area contributed by atoms with E-state index in [1.54, 1.807) is 19.1 Å². The van der Waals surface area contributed by atoms with E-state index in [2.05, 4.69) is 42.6 Å². The number of aliphatic hydroxyl groups is 6. The molecule has 424 valence electrons. The Morgan fingerprint density at radius 3 is 1.03 bits per heavy atom. The minimum absolute atomic E-state index is 0. The van der Waals surface area contributed by atoms with Crippen molar-refractivity contribution in [3.63, 3.8) is 0 Å². The van der Waals surface area contributed by atoms with Crippen LogP contribution in [0.3, 0.4) is 0 Å². The lowest BCUT2D eigenvalue weighted by atomic mass is 10.0. The van der Waals surface area contributed by atoms with Gasteiger partial charge in [-0.05, 0) is 162 Å². The summed E-state index contributed by atoms with van der Waals surface area (Å²) >= 11 is 0. The molecule has 4 rings (SSSR count). The zero-order valence-corrected chi connectivity index (χ0v) is 45.3. The second-order valence-electron chi connectivity index (χ2n) is 17.3. The van der Waals surface area contributed by atoms with Gasteiger partial charge in [-0.25, -0.2) is 17.6 Å². The quantitative estimate of drug-likeness (QED) is 0.0138. The predicted octanol–water partition coefficient (Wildman–Crippen LogP) is 10.9. The Kier molecular flexibility index (Phi) is 41.9. The van der Waals surface area contributed by atoms with Crippen molar-refractivity contribution in [2.24, 2.45) is 11.8 Å². The van der Waals surface area contributed by atoms with Gasteiger partial charge >= 0.3 is 0 Å². The molecule has 4 aromatic rings. The molecule has 0 saturated carbocycles. The fourth-order valence-corrected chi connectivity index (χ4v) is 6.10. The van der Waals surface area contributed by atoms with Crippen molar-refractivity contribution in [3.05, 3.63) is 120 Å². The average Bonchev–Trinajstić information content (AvgIpc) is 3.39. The van der Waals surface area contributed by atoms with Crippen LogP contribution in [0.25, 0.3) is 0 Å². The van der Waals surface area contributed by atoms with Crippen LogP contribution in [-0.2, 0) is 9.05 Å². The summed E-state index contributed by atoms with van der Waals surface area (Å²) < 4.78 is 81.8. The maximum absolute atomic E-state index is 12.7. The molecule has 0 bridgehead atoms. The number of hydrogen-bond acceptors (Lipinski definition) is 12. The van der Waals surface area contributed by atoms with Gasteiger partial charge in [0.25, 0.3) is 0 Å². The highest BCUT2D eigenvalue weighted by molar-refractivity contribution is 7.10. The van der Waals surface area contributed by atoms with Gasteiger partial charge in [-0.2, -0.15) is 0 Å². The van der Waals surface area contributed by atoms with Crippen LogP contribution in [-0.4, -0.2) is 107 Å². The average molecular weight is 1110 g/mol. The van der Waals surface area contributed by atoms with Crippen LogP contribution in [0, 0.1) is 58.8 Å². The Balaban J connectivity index is -0.000000941. The van der Waals surface area contributed by atoms with Crippen LogP contribution in [0.4, 0.5) is 17.6 Å². The fourth-order valence-electron chi connectivity index (χ4n) is 5.84. The molecular weight excluding hydrogens is 1010 g/mol. The van der Waals surface area contributed by atoms with Gasteiger partial charge in [0.2, 0.25) is 0 Å². The van der Waals surface area contributed by atoms with Crippen molar-refractivity contribution in [1.29, 1.82) is 0 Å². The number of ether oxygens (including phenoxy) is 4. The van der Waals surface area contributed by atoms with Crippen molar-refractivity contribution in [3.8, 4) is 46.7 Å². The van der Waals surface area contributed by atoms with Crippen LogP contribution in [0.15, 0.2) is 97.1 Å². The summed E-state index contributed by atoms with van der Waals surface area (Å²) in [6, 6.07) is 22.8. The minimum atomic E-state index is -0.611. The zero-order valence-electron chi connectivity index (χ0n) is 43.0. The summed E-state index contributed by atoms with van der Waals surface area (Å²) in [5.41, 5.74) is 0. The first-order valence-corrected chi connectivity index (χ1v) is 25.6. The van der Waals surface area contributed by atoms with E-state index in [9.17, 15) is 38.0 Å². The number of halogens is 4. The molecule has 0 aliphatic carbocycles. The van der Waals surface area contributed by atoms with Crippen molar-refractivity contribution < 1.29 is 79.0 Å². The molecule has 0 radical (unpaired) electrons. The Bertz CT molecular complexity index is 2120. The largest absolute Gasteiger partial charge is 0.491 e. The van der Waals surface area contributed by atoms with E-state index in [0.717, 1.165) is 19.3 Å².